The van der Waals surface area contributed by atoms with Gasteiger partial charge in [-0.15, -0.1) is 0 Å². The van der Waals surface area contributed by atoms with E-state index in [4.69, 9.17) is 37.4 Å². The Bertz CT molecular complexity index is 1180. The summed E-state index contributed by atoms with van der Waals surface area (Å²) in [4.78, 5) is 42.4. The molecule has 2 aromatic rings. The van der Waals surface area contributed by atoms with Crippen molar-refractivity contribution in [2.24, 2.45) is 0 Å². The molecule has 0 radical (unpaired) electrons. The van der Waals surface area contributed by atoms with Gasteiger partial charge in [0.05, 0.1) is 18.1 Å². The van der Waals surface area contributed by atoms with Crippen LogP contribution in [0, 0.1) is 4.64 Å². The van der Waals surface area contributed by atoms with Gasteiger partial charge in [0.15, 0.2) is 5.95 Å². The van der Waals surface area contributed by atoms with Crippen LogP contribution >= 0.6 is 35.7 Å². The molecule has 3 heterocycles. The number of fused-ring (bicyclic) bond motifs is 1. The number of hydrogen-bond donors (Lipinski definition) is 7. The topological polar surface area (TPSA) is 249 Å². The number of anilines is 1. The lowest BCUT2D eigenvalue weighted by molar-refractivity contribution is -0.0421. The second-order valence-corrected chi connectivity index (χ2v) is 11.0. The predicted molar refractivity (Wildman–Crippen MR) is 104 cm³/mol. The second-order valence-electron chi connectivity index (χ2n) is 6.23. The third-order valence-electron chi connectivity index (χ3n) is 3.95. The van der Waals surface area contributed by atoms with Gasteiger partial charge in [-0.2, -0.15) is 8.62 Å². The van der Waals surface area contributed by atoms with E-state index in [1.165, 1.54) is 0 Å². The van der Waals surface area contributed by atoms with Crippen LogP contribution < -0.4 is 5.73 Å². The van der Waals surface area contributed by atoms with E-state index in [0.717, 1.165) is 0 Å². The fourth-order valence-electron chi connectivity index (χ4n) is 2.82. The van der Waals surface area contributed by atoms with Crippen molar-refractivity contribution in [1.82, 2.24) is 14.5 Å². The molecule has 0 amide bonds. The number of aliphatic hydroxyl groups excluding tert-OH is 1. The van der Waals surface area contributed by atoms with Crippen LogP contribution in [0.25, 0.3) is 11.0 Å². The molecule has 31 heavy (non-hydrogen) atoms. The Hall–Kier alpha value is -1.03. The standard InChI is InChI=1S/C11H17N4O12P3S/c12-11-13-9-5(10(31)14-11)1-2-15(9)8-3-6(16)7(25-8)4-24-29(20,21)27-30(22,23)26-28(17,18)19/h1-2,6-8,16H,3-4H2,(H,20,21)(H,22,23)(H2,17,18,19)(H3,12,13,14,31)/t6-,7+,8+/m0/s1. The van der Waals surface area contributed by atoms with Gasteiger partial charge in [-0.25, -0.2) is 18.7 Å². The minimum atomic E-state index is -5.64. The zero-order chi connectivity index (χ0) is 23.2. The highest BCUT2D eigenvalue weighted by Gasteiger charge is 2.42. The number of aromatic amines is 1. The van der Waals surface area contributed by atoms with Crippen LogP contribution in [0.15, 0.2) is 12.3 Å². The Morgan fingerprint density at radius 2 is 1.94 bits per heavy atom. The molecule has 1 aliphatic heterocycles. The van der Waals surface area contributed by atoms with Crippen molar-refractivity contribution in [2.75, 3.05) is 12.3 Å². The maximum Gasteiger partial charge on any atom is 0.490 e. The van der Waals surface area contributed by atoms with Crippen molar-refractivity contribution in [3.63, 3.8) is 0 Å². The Kier molecular flexibility index (Phi) is 6.93. The van der Waals surface area contributed by atoms with Gasteiger partial charge in [0, 0.05) is 12.6 Å². The molecular formula is C11H17N4O12P3S. The van der Waals surface area contributed by atoms with Crippen LogP contribution in [0.2, 0.25) is 0 Å². The lowest BCUT2D eigenvalue weighted by atomic mass is 10.2. The van der Waals surface area contributed by atoms with E-state index in [-0.39, 0.29) is 17.0 Å². The average molecular weight is 522 g/mol. The van der Waals surface area contributed by atoms with Gasteiger partial charge in [0.1, 0.15) is 22.6 Å². The van der Waals surface area contributed by atoms with Crippen LogP contribution in [0.5, 0.6) is 0 Å². The number of H-pyrrole nitrogens is 1. The van der Waals surface area contributed by atoms with E-state index in [9.17, 15) is 23.7 Å². The number of aliphatic hydroxyl groups is 1. The first-order valence-corrected chi connectivity index (χ1v) is 13.1. The maximum atomic E-state index is 11.8. The number of aromatic nitrogens is 3. The van der Waals surface area contributed by atoms with Crippen molar-refractivity contribution < 1.29 is 56.3 Å². The van der Waals surface area contributed by atoms with E-state index < -0.39 is 48.5 Å². The normalized spacial score (nSPS) is 26.0. The van der Waals surface area contributed by atoms with Crippen molar-refractivity contribution >= 4 is 52.7 Å². The number of nitrogen functional groups attached to an aromatic ring is 1. The average Bonchev–Trinajstić information content (AvgIpc) is 3.13. The SMILES string of the molecule is Nc1nc(=S)c2ccn([C@H]3C[C@H](O)[C@@H](COP(=O)(O)OP(=O)(O)OP(=O)(O)O)O3)c2[nH]1. The molecule has 16 nitrogen and oxygen atoms in total. The summed E-state index contributed by atoms with van der Waals surface area (Å²) < 4.78 is 52.9. The van der Waals surface area contributed by atoms with Gasteiger partial charge in [-0.3, -0.25) is 4.52 Å². The number of phosphoric ester groups is 1. The maximum absolute atomic E-state index is 11.8. The molecule has 1 aliphatic rings. The van der Waals surface area contributed by atoms with Crippen molar-refractivity contribution in [3.8, 4) is 0 Å². The molecule has 174 valence electrons. The Labute approximate surface area is 178 Å². The number of phosphoric acid groups is 3. The summed E-state index contributed by atoms with van der Waals surface area (Å²) in [6, 6.07) is 1.65. The lowest BCUT2D eigenvalue weighted by Gasteiger charge is -2.19. The highest BCUT2D eigenvalue weighted by Crippen LogP contribution is 2.66. The van der Waals surface area contributed by atoms with Gasteiger partial charge in [-0.05, 0) is 6.07 Å². The highest BCUT2D eigenvalue weighted by atomic mass is 32.1. The van der Waals surface area contributed by atoms with E-state index in [2.05, 4.69) is 23.1 Å². The van der Waals surface area contributed by atoms with E-state index in [1.807, 2.05) is 0 Å². The number of nitrogens with two attached hydrogens (primary N) is 1. The molecule has 0 aromatic carbocycles. The molecule has 0 spiro atoms. The molecule has 0 aliphatic carbocycles. The molecule has 5 atom stereocenters. The minimum Gasteiger partial charge on any atom is -0.390 e. The fourth-order valence-corrected chi connectivity index (χ4v) is 6.11. The number of hydrogen-bond acceptors (Lipinski definition) is 11. The van der Waals surface area contributed by atoms with Gasteiger partial charge in [0.2, 0.25) is 0 Å². The van der Waals surface area contributed by atoms with E-state index in [1.54, 1.807) is 16.8 Å². The summed E-state index contributed by atoms with van der Waals surface area (Å²) in [6.07, 6.45) is -1.50. The summed E-state index contributed by atoms with van der Waals surface area (Å²) in [5.74, 6) is 0.0557. The highest BCUT2D eigenvalue weighted by molar-refractivity contribution is 7.71. The number of rotatable bonds is 8. The summed E-state index contributed by atoms with van der Waals surface area (Å²) in [6.45, 7) is -0.778. The molecule has 1 saturated heterocycles. The van der Waals surface area contributed by atoms with Crippen LogP contribution in [0.4, 0.5) is 5.95 Å². The van der Waals surface area contributed by atoms with E-state index in [0.29, 0.717) is 11.0 Å². The fraction of sp³-hybridized carbons (Fsp3) is 0.455. The van der Waals surface area contributed by atoms with Gasteiger partial charge in [0.25, 0.3) is 0 Å². The predicted octanol–water partition coefficient (Wildman–Crippen LogP) is 0.668. The molecule has 2 unspecified atom stereocenters. The number of nitrogens with zero attached hydrogens (tertiary/aromatic N) is 2. The molecule has 2 aromatic heterocycles. The third kappa shape index (κ3) is 6.27. The number of ether oxygens (including phenoxy) is 1. The minimum absolute atomic E-state index is 0.0248. The van der Waals surface area contributed by atoms with E-state index >= 15 is 0 Å². The Morgan fingerprint density at radius 1 is 1.26 bits per heavy atom. The van der Waals surface area contributed by atoms with Crippen molar-refractivity contribution in [3.05, 3.63) is 16.9 Å². The number of nitrogens with one attached hydrogen (secondary N) is 1. The molecule has 3 rings (SSSR count). The molecule has 8 N–H and O–H groups in total. The van der Waals surface area contributed by atoms with Gasteiger partial charge >= 0.3 is 23.5 Å². The van der Waals surface area contributed by atoms with Crippen LogP contribution in [0.3, 0.4) is 0 Å². The molecule has 0 saturated carbocycles. The van der Waals surface area contributed by atoms with Crippen LogP contribution in [-0.2, 0) is 31.6 Å². The smallest absolute Gasteiger partial charge is 0.390 e. The zero-order valence-corrected chi connectivity index (χ0v) is 18.6. The quantitative estimate of drug-likeness (QED) is 0.186. The molecule has 1 fully saturated rings. The third-order valence-corrected chi connectivity index (χ3v) is 8.06. The molecular weight excluding hydrogens is 505 g/mol. The lowest BCUT2D eigenvalue weighted by Crippen LogP contribution is -2.26. The summed E-state index contributed by atoms with van der Waals surface area (Å²) >= 11 is 5.12. The Balaban J connectivity index is 1.67. The monoisotopic (exact) mass is 522 g/mol. The summed E-state index contributed by atoms with van der Waals surface area (Å²) in [5, 5.41) is 10.8. The first-order valence-electron chi connectivity index (χ1n) is 8.14. The molecule has 0 bridgehead atoms. The van der Waals surface area contributed by atoms with Crippen LogP contribution in [-0.4, -0.2) is 58.0 Å². The summed E-state index contributed by atoms with van der Waals surface area (Å²) in [5.41, 5.74) is 6.12. The molecule has 20 heteroatoms. The van der Waals surface area contributed by atoms with Gasteiger partial charge < -0.3 is 44.7 Å². The zero-order valence-electron chi connectivity index (χ0n) is 15.1. The van der Waals surface area contributed by atoms with Crippen molar-refractivity contribution in [2.45, 2.75) is 24.9 Å². The van der Waals surface area contributed by atoms with Crippen molar-refractivity contribution in [1.29, 1.82) is 0 Å². The first kappa shape index (κ1) is 24.6. The first-order chi connectivity index (χ1) is 14.2. The summed E-state index contributed by atoms with van der Waals surface area (Å²) in [7, 11) is -16.5. The Morgan fingerprint density at radius 3 is 2.58 bits per heavy atom. The van der Waals surface area contributed by atoms with Crippen LogP contribution in [0.1, 0.15) is 12.6 Å². The second kappa shape index (κ2) is 8.72. The van der Waals surface area contributed by atoms with Gasteiger partial charge in [-0.1, -0.05) is 12.2 Å². The largest absolute Gasteiger partial charge is 0.490 e.